The van der Waals surface area contributed by atoms with E-state index in [1.165, 1.54) is 36.6 Å². The number of nitrogens with zero attached hydrogens (tertiary/aromatic N) is 2. The van der Waals surface area contributed by atoms with Crippen molar-refractivity contribution < 1.29 is 4.39 Å². The molecule has 1 saturated heterocycles. The van der Waals surface area contributed by atoms with Gasteiger partial charge in [-0.15, -0.1) is 0 Å². The molecule has 0 aliphatic carbocycles. The number of rotatable bonds is 2. The topological polar surface area (TPSA) is 49.0 Å². The zero-order valence-electron chi connectivity index (χ0n) is 14.1. The summed E-state index contributed by atoms with van der Waals surface area (Å²) in [5.41, 5.74) is 2.38. The van der Waals surface area contributed by atoms with E-state index in [1.54, 1.807) is 0 Å². The highest BCUT2D eigenvalue weighted by Crippen LogP contribution is 2.28. The summed E-state index contributed by atoms with van der Waals surface area (Å²) in [5.74, 6) is 0.672. The van der Waals surface area contributed by atoms with Crippen molar-refractivity contribution in [2.75, 3.05) is 20.1 Å². The van der Waals surface area contributed by atoms with Crippen LogP contribution in [0.25, 0.3) is 22.3 Å². The molecule has 25 heavy (non-hydrogen) atoms. The van der Waals surface area contributed by atoms with Gasteiger partial charge in [0.25, 0.3) is 5.56 Å². The van der Waals surface area contributed by atoms with Gasteiger partial charge in [-0.05, 0) is 62.7 Å². The third-order valence-corrected chi connectivity index (χ3v) is 5.04. The van der Waals surface area contributed by atoms with Gasteiger partial charge in [0.15, 0.2) is 0 Å². The van der Waals surface area contributed by atoms with Gasteiger partial charge in [-0.3, -0.25) is 4.79 Å². The summed E-state index contributed by atoms with van der Waals surface area (Å²) < 4.78 is 13.3. The molecule has 0 spiro atoms. The zero-order valence-corrected chi connectivity index (χ0v) is 14.1. The summed E-state index contributed by atoms with van der Waals surface area (Å²) >= 11 is 0. The summed E-state index contributed by atoms with van der Waals surface area (Å²) in [7, 11) is 2.16. The minimum atomic E-state index is -0.435. The molecule has 0 radical (unpaired) electrons. The average molecular weight is 337 g/mol. The summed E-state index contributed by atoms with van der Waals surface area (Å²) in [6.07, 6.45) is 2.35. The second-order valence-electron chi connectivity index (χ2n) is 6.78. The monoisotopic (exact) mass is 337 g/mol. The lowest BCUT2D eigenvalue weighted by Gasteiger charge is -2.29. The predicted octanol–water partition coefficient (Wildman–Crippen LogP) is 3.54. The molecule has 0 atom stereocenters. The van der Waals surface area contributed by atoms with E-state index < -0.39 is 5.82 Å². The Balaban J connectivity index is 1.65. The van der Waals surface area contributed by atoms with Crippen molar-refractivity contribution >= 4 is 10.9 Å². The van der Waals surface area contributed by atoms with Gasteiger partial charge in [-0.2, -0.15) is 0 Å². The normalized spacial score (nSPS) is 16.4. The van der Waals surface area contributed by atoms with Crippen molar-refractivity contribution in [3.63, 3.8) is 0 Å². The van der Waals surface area contributed by atoms with E-state index in [4.69, 9.17) is 0 Å². The number of halogens is 1. The molecule has 1 aliphatic rings. The van der Waals surface area contributed by atoms with Crippen molar-refractivity contribution in [2.24, 2.45) is 0 Å². The van der Waals surface area contributed by atoms with Crippen LogP contribution in [-0.4, -0.2) is 35.0 Å². The van der Waals surface area contributed by atoms with Crippen molar-refractivity contribution in [1.82, 2.24) is 14.9 Å². The number of hydrogen-bond acceptors (Lipinski definition) is 3. The molecule has 1 N–H and O–H groups in total. The van der Waals surface area contributed by atoms with Crippen molar-refractivity contribution in [2.45, 2.75) is 18.8 Å². The highest BCUT2D eigenvalue weighted by atomic mass is 19.1. The summed E-state index contributed by atoms with van der Waals surface area (Å²) in [4.78, 5) is 21.8. The quantitative estimate of drug-likeness (QED) is 0.778. The van der Waals surface area contributed by atoms with Crippen LogP contribution in [0.4, 0.5) is 4.39 Å². The molecule has 1 aliphatic heterocycles. The van der Waals surface area contributed by atoms with E-state index in [0.29, 0.717) is 17.3 Å². The van der Waals surface area contributed by atoms with Crippen LogP contribution < -0.4 is 5.56 Å². The summed E-state index contributed by atoms with van der Waals surface area (Å²) in [6.45, 7) is 2.26. The molecule has 4 nitrogen and oxygen atoms in total. The Morgan fingerprint density at radius 1 is 1.12 bits per heavy atom. The second-order valence-corrected chi connectivity index (χ2v) is 6.78. The maximum atomic E-state index is 13.3. The van der Waals surface area contributed by atoms with Gasteiger partial charge in [-0.1, -0.05) is 24.3 Å². The number of benzene rings is 2. The third kappa shape index (κ3) is 3.20. The smallest absolute Gasteiger partial charge is 0.259 e. The molecular weight excluding hydrogens is 317 g/mol. The average Bonchev–Trinajstić information content (AvgIpc) is 2.63. The van der Waals surface area contributed by atoms with Crippen LogP contribution >= 0.6 is 0 Å². The Morgan fingerprint density at radius 3 is 2.56 bits per heavy atom. The van der Waals surface area contributed by atoms with Gasteiger partial charge in [0.2, 0.25) is 0 Å². The van der Waals surface area contributed by atoms with Gasteiger partial charge in [0.1, 0.15) is 11.6 Å². The van der Waals surface area contributed by atoms with Crippen molar-refractivity contribution in [1.29, 1.82) is 0 Å². The van der Waals surface area contributed by atoms with E-state index in [1.807, 2.05) is 12.1 Å². The molecule has 1 aromatic heterocycles. The van der Waals surface area contributed by atoms with E-state index in [9.17, 15) is 9.18 Å². The second kappa shape index (κ2) is 6.41. The maximum absolute atomic E-state index is 13.3. The first-order chi connectivity index (χ1) is 12.1. The molecule has 3 aromatic rings. The maximum Gasteiger partial charge on any atom is 0.259 e. The molecule has 1 fully saturated rings. The van der Waals surface area contributed by atoms with Crippen LogP contribution in [0.5, 0.6) is 0 Å². The summed E-state index contributed by atoms with van der Waals surface area (Å²) in [5, 5.41) is 0.270. The van der Waals surface area contributed by atoms with Crippen LogP contribution in [0, 0.1) is 5.82 Å². The van der Waals surface area contributed by atoms with Crippen LogP contribution in [0.15, 0.2) is 47.3 Å². The minimum absolute atomic E-state index is 0.270. The van der Waals surface area contributed by atoms with Crippen LogP contribution in [0.1, 0.15) is 24.3 Å². The van der Waals surface area contributed by atoms with Gasteiger partial charge >= 0.3 is 0 Å². The number of piperidine rings is 1. The number of H-pyrrole nitrogens is 1. The largest absolute Gasteiger partial charge is 0.306 e. The molecular formula is C20H20FN3O. The number of fused-ring (bicyclic) bond motifs is 1. The van der Waals surface area contributed by atoms with Gasteiger partial charge in [-0.25, -0.2) is 9.37 Å². The zero-order chi connectivity index (χ0) is 17.4. The molecule has 0 amide bonds. The van der Waals surface area contributed by atoms with Gasteiger partial charge < -0.3 is 9.88 Å². The highest BCUT2D eigenvalue weighted by Gasteiger charge is 2.18. The highest BCUT2D eigenvalue weighted by molar-refractivity contribution is 5.79. The molecule has 2 heterocycles. The number of likely N-dealkylation sites (tertiary alicyclic amines) is 1. The fraction of sp³-hybridized carbons (Fsp3) is 0.300. The minimum Gasteiger partial charge on any atom is -0.306 e. The first-order valence-corrected chi connectivity index (χ1v) is 8.58. The summed E-state index contributed by atoms with van der Waals surface area (Å²) in [6, 6.07) is 12.3. The SMILES string of the molecule is CN1CCC(c2ccc(-c3nc4ccc(F)cc4c(=O)[nH]3)cc2)CC1. The van der Waals surface area contributed by atoms with E-state index >= 15 is 0 Å². The first kappa shape index (κ1) is 16.0. The Kier molecular flexibility index (Phi) is 4.09. The van der Waals surface area contributed by atoms with Crippen molar-refractivity contribution in [3.8, 4) is 11.4 Å². The number of aromatic nitrogens is 2. The number of aromatic amines is 1. The Hall–Kier alpha value is -2.53. The Labute approximate surface area is 145 Å². The number of nitrogens with one attached hydrogen (secondary N) is 1. The van der Waals surface area contributed by atoms with Crippen molar-refractivity contribution in [3.05, 3.63) is 64.2 Å². The van der Waals surface area contributed by atoms with E-state index in [0.717, 1.165) is 18.7 Å². The predicted molar refractivity (Wildman–Crippen MR) is 97.2 cm³/mol. The molecule has 2 aromatic carbocycles. The first-order valence-electron chi connectivity index (χ1n) is 8.58. The fourth-order valence-electron chi connectivity index (χ4n) is 3.50. The van der Waals surface area contributed by atoms with E-state index in [-0.39, 0.29) is 10.9 Å². The molecule has 0 saturated carbocycles. The molecule has 4 rings (SSSR count). The lowest BCUT2D eigenvalue weighted by molar-refractivity contribution is 0.255. The van der Waals surface area contributed by atoms with E-state index in [2.05, 4.69) is 34.0 Å². The van der Waals surface area contributed by atoms with Gasteiger partial charge in [0, 0.05) is 5.56 Å². The van der Waals surface area contributed by atoms with Gasteiger partial charge in [0.05, 0.1) is 10.9 Å². The lowest BCUT2D eigenvalue weighted by Crippen LogP contribution is -2.29. The Morgan fingerprint density at radius 2 is 1.84 bits per heavy atom. The lowest BCUT2D eigenvalue weighted by atomic mass is 9.89. The molecule has 128 valence electrons. The van der Waals surface area contributed by atoms with Crippen LogP contribution in [0.2, 0.25) is 0 Å². The standard InChI is InChI=1S/C20H20FN3O/c1-24-10-8-14(9-11-24)13-2-4-15(5-3-13)19-22-18-7-6-16(21)12-17(18)20(25)23-19/h2-7,12,14H,8-11H2,1H3,(H,22,23,25). The fourth-order valence-corrected chi connectivity index (χ4v) is 3.50. The molecule has 5 heteroatoms. The molecule has 0 unspecified atom stereocenters. The van der Waals surface area contributed by atoms with Crippen LogP contribution in [-0.2, 0) is 0 Å². The third-order valence-electron chi connectivity index (χ3n) is 5.04. The number of hydrogen-bond donors (Lipinski definition) is 1. The van der Waals surface area contributed by atoms with Crippen LogP contribution in [0.3, 0.4) is 0 Å². The Bertz CT molecular complexity index is 957. The molecule has 0 bridgehead atoms.